The number of nitrogens with one attached hydrogen (secondary N) is 1. The smallest absolute Gasteiger partial charge is 0.240 e. The van der Waals surface area contributed by atoms with Crippen molar-refractivity contribution in [3.05, 3.63) is 0 Å². The van der Waals surface area contributed by atoms with Crippen LogP contribution in [0.3, 0.4) is 0 Å². The molecule has 1 saturated heterocycles. The van der Waals surface area contributed by atoms with Gasteiger partial charge in [0.1, 0.15) is 0 Å². The van der Waals surface area contributed by atoms with Gasteiger partial charge in [-0.3, -0.25) is 9.59 Å². The van der Waals surface area contributed by atoms with Gasteiger partial charge in [-0.05, 0) is 31.1 Å². The van der Waals surface area contributed by atoms with Crippen molar-refractivity contribution in [2.45, 2.75) is 58.5 Å². The predicted octanol–water partition coefficient (Wildman–Crippen LogP) is 0.877. The van der Waals surface area contributed by atoms with E-state index in [1.807, 2.05) is 25.7 Å². The molecule has 5 heteroatoms. The number of nitrogens with two attached hydrogens (primary N) is 1. The number of carbonyl (C=O) groups is 2. The number of piperidine rings is 1. The van der Waals surface area contributed by atoms with Crippen LogP contribution in [0.2, 0.25) is 0 Å². The highest BCUT2D eigenvalue weighted by molar-refractivity contribution is 5.83. The van der Waals surface area contributed by atoms with E-state index in [4.69, 9.17) is 5.73 Å². The van der Waals surface area contributed by atoms with E-state index in [0.717, 1.165) is 25.7 Å². The number of hydrogen-bond acceptors (Lipinski definition) is 3. The van der Waals surface area contributed by atoms with E-state index in [2.05, 4.69) is 5.32 Å². The average Bonchev–Trinajstić information content (AvgIpc) is 3.21. The standard InChI is InChI=1S/C15H27N3O2/c1-15(2,3)12(16)14(20)18-8-6-11(7-9-18)17-13(19)10-4-5-10/h10-12H,4-9,16H2,1-3H3,(H,17,19)/t12-/m1/s1. The first-order valence-corrected chi connectivity index (χ1v) is 7.64. The lowest BCUT2D eigenvalue weighted by atomic mass is 9.86. The summed E-state index contributed by atoms with van der Waals surface area (Å²) in [6.45, 7) is 7.34. The van der Waals surface area contributed by atoms with E-state index < -0.39 is 6.04 Å². The van der Waals surface area contributed by atoms with Crippen LogP contribution >= 0.6 is 0 Å². The lowest BCUT2D eigenvalue weighted by Crippen LogP contribution is -2.54. The maximum atomic E-state index is 12.3. The Balaban J connectivity index is 1.78. The van der Waals surface area contributed by atoms with Crippen LogP contribution in [0.1, 0.15) is 46.5 Å². The summed E-state index contributed by atoms with van der Waals surface area (Å²) in [6.07, 6.45) is 3.73. The number of nitrogens with zero attached hydrogens (tertiary/aromatic N) is 1. The first kappa shape index (κ1) is 15.3. The fourth-order valence-electron chi connectivity index (χ4n) is 2.48. The van der Waals surface area contributed by atoms with Gasteiger partial charge in [-0.25, -0.2) is 0 Å². The molecular weight excluding hydrogens is 254 g/mol. The Kier molecular flexibility index (Phi) is 4.37. The Morgan fingerprint density at radius 3 is 2.15 bits per heavy atom. The van der Waals surface area contributed by atoms with Crippen LogP contribution in [0.5, 0.6) is 0 Å². The quantitative estimate of drug-likeness (QED) is 0.806. The fraction of sp³-hybridized carbons (Fsp3) is 0.867. The summed E-state index contributed by atoms with van der Waals surface area (Å²) in [4.78, 5) is 25.9. The molecule has 0 spiro atoms. The molecule has 2 rings (SSSR count). The normalized spacial score (nSPS) is 22.5. The molecular formula is C15H27N3O2. The van der Waals surface area contributed by atoms with E-state index in [0.29, 0.717) is 13.1 Å². The van der Waals surface area contributed by atoms with Gasteiger partial charge >= 0.3 is 0 Å². The highest BCUT2D eigenvalue weighted by Gasteiger charge is 2.35. The van der Waals surface area contributed by atoms with Crippen LogP contribution in [0.25, 0.3) is 0 Å². The summed E-state index contributed by atoms with van der Waals surface area (Å²) in [5, 5.41) is 3.09. The molecule has 3 N–H and O–H groups in total. The van der Waals surface area contributed by atoms with Gasteiger partial charge in [0.05, 0.1) is 6.04 Å². The van der Waals surface area contributed by atoms with Crippen molar-refractivity contribution in [2.75, 3.05) is 13.1 Å². The van der Waals surface area contributed by atoms with Gasteiger partial charge in [-0.15, -0.1) is 0 Å². The lowest BCUT2D eigenvalue weighted by molar-refractivity contribution is -0.136. The number of carbonyl (C=O) groups excluding carboxylic acids is 2. The molecule has 1 aliphatic carbocycles. The van der Waals surface area contributed by atoms with E-state index >= 15 is 0 Å². The second-order valence-electron chi connectivity index (χ2n) is 7.23. The van der Waals surface area contributed by atoms with Gasteiger partial charge < -0.3 is 16.0 Å². The van der Waals surface area contributed by atoms with Gasteiger partial charge in [0.15, 0.2) is 0 Å². The molecule has 1 saturated carbocycles. The lowest BCUT2D eigenvalue weighted by Gasteiger charge is -2.36. The van der Waals surface area contributed by atoms with Crippen molar-refractivity contribution in [3.8, 4) is 0 Å². The third-order valence-corrected chi connectivity index (χ3v) is 4.30. The molecule has 2 fully saturated rings. The van der Waals surface area contributed by atoms with Crippen LogP contribution in [-0.4, -0.2) is 41.9 Å². The van der Waals surface area contributed by atoms with Crippen LogP contribution in [0.4, 0.5) is 0 Å². The summed E-state index contributed by atoms with van der Waals surface area (Å²) in [6, 6.07) is -0.238. The van der Waals surface area contributed by atoms with E-state index in [1.54, 1.807) is 0 Å². The van der Waals surface area contributed by atoms with E-state index in [-0.39, 0.29) is 29.2 Å². The molecule has 0 bridgehead atoms. The minimum absolute atomic E-state index is 0.0319. The summed E-state index contributed by atoms with van der Waals surface area (Å²) in [7, 11) is 0. The average molecular weight is 281 g/mol. The molecule has 0 aromatic carbocycles. The van der Waals surface area contributed by atoms with Gasteiger partial charge in [-0.1, -0.05) is 20.8 Å². The van der Waals surface area contributed by atoms with Crippen molar-refractivity contribution in [3.63, 3.8) is 0 Å². The van der Waals surface area contributed by atoms with E-state index in [9.17, 15) is 9.59 Å². The maximum Gasteiger partial charge on any atom is 0.240 e. The van der Waals surface area contributed by atoms with Crippen molar-refractivity contribution < 1.29 is 9.59 Å². The zero-order valence-electron chi connectivity index (χ0n) is 12.8. The van der Waals surface area contributed by atoms with Crippen molar-refractivity contribution in [1.82, 2.24) is 10.2 Å². The van der Waals surface area contributed by atoms with Crippen molar-refractivity contribution in [2.24, 2.45) is 17.1 Å². The monoisotopic (exact) mass is 281 g/mol. The second kappa shape index (κ2) is 5.72. The molecule has 1 atom stereocenters. The van der Waals surface area contributed by atoms with Crippen LogP contribution in [0, 0.1) is 11.3 Å². The molecule has 20 heavy (non-hydrogen) atoms. The molecule has 2 aliphatic rings. The third kappa shape index (κ3) is 3.72. The molecule has 0 unspecified atom stereocenters. The zero-order valence-corrected chi connectivity index (χ0v) is 12.8. The summed E-state index contributed by atoms with van der Waals surface area (Å²) >= 11 is 0. The van der Waals surface area contributed by atoms with Gasteiger partial charge in [-0.2, -0.15) is 0 Å². The van der Waals surface area contributed by atoms with Crippen LogP contribution < -0.4 is 11.1 Å². The number of amides is 2. The van der Waals surface area contributed by atoms with E-state index in [1.165, 1.54) is 0 Å². The van der Waals surface area contributed by atoms with Gasteiger partial charge in [0, 0.05) is 25.0 Å². The molecule has 0 radical (unpaired) electrons. The number of rotatable bonds is 3. The molecule has 114 valence electrons. The number of hydrogen-bond donors (Lipinski definition) is 2. The van der Waals surface area contributed by atoms with Crippen LogP contribution in [-0.2, 0) is 9.59 Å². The van der Waals surface area contributed by atoms with Crippen LogP contribution in [0.15, 0.2) is 0 Å². The molecule has 2 amide bonds. The Hall–Kier alpha value is -1.10. The van der Waals surface area contributed by atoms with Gasteiger partial charge in [0.25, 0.3) is 0 Å². The van der Waals surface area contributed by atoms with Crippen molar-refractivity contribution in [1.29, 1.82) is 0 Å². The third-order valence-electron chi connectivity index (χ3n) is 4.30. The SMILES string of the molecule is CC(C)(C)[C@H](N)C(=O)N1CCC(NC(=O)C2CC2)CC1. The zero-order chi connectivity index (χ0) is 14.9. The Morgan fingerprint density at radius 2 is 1.70 bits per heavy atom. The second-order valence-corrected chi connectivity index (χ2v) is 7.23. The Labute approximate surface area is 121 Å². The largest absolute Gasteiger partial charge is 0.353 e. The number of likely N-dealkylation sites (tertiary alicyclic amines) is 1. The molecule has 1 aliphatic heterocycles. The fourth-order valence-corrected chi connectivity index (χ4v) is 2.48. The summed E-state index contributed by atoms with van der Waals surface area (Å²) in [5.74, 6) is 0.481. The topological polar surface area (TPSA) is 75.4 Å². The molecule has 5 nitrogen and oxygen atoms in total. The predicted molar refractivity (Wildman–Crippen MR) is 77.9 cm³/mol. The molecule has 0 aromatic rings. The summed E-state index contributed by atoms with van der Waals surface area (Å²) < 4.78 is 0. The Morgan fingerprint density at radius 1 is 1.15 bits per heavy atom. The highest BCUT2D eigenvalue weighted by atomic mass is 16.2. The minimum atomic E-state index is -0.458. The molecule has 1 heterocycles. The minimum Gasteiger partial charge on any atom is -0.353 e. The first-order valence-electron chi connectivity index (χ1n) is 7.64. The van der Waals surface area contributed by atoms with Crippen molar-refractivity contribution >= 4 is 11.8 Å². The summed E-state index contributed by atoms with van der Waals surface area (Å²) in [5.41, 5.74) is 5.81. The molecule has 0 aromatic heterocycles. The van der Waals surface area contributed by atoms with Gasteiger partial charge in [0.2, 0.25) is 11.8 Å². The highest BCUT2D eigenvalue weighted by Crippen LogP contribution is 2.29. The first-order chi connectivity index (χ1) is 9.29. The maximum absolute atomic E-state index is 12.3. The Bertz CT molecular complexity index is 377.